The van der Waals surface area contributed by atoms with Gasteiger partial charge in [0, 0.05) is 12.2 Å². The molecular formula is C12H16N2O6S. The van der Waals surface area contributed by atoms with Crippen molar-refractivity contribution in [3.8, 4) is 0 Å². The first-order chi connectivity index (χ1) is 9.74. The number of carboxylic acids is 2. The first-order valence-corrected chi connectivity index (χ1v) is 7.44. The molecule has 116 valence electrons. The number of carbonyl (C=O) groups excluding carboxylic acids is 2. The van der Waals surface area contributed by atoms with Crippen LogP contribution in [-0.4, -0.2) is 61.6 Å². The fourth-order valence-electron chi connectivity index (χ4n) is 2.66. The Hall–Kier alpha value is -1.77. The lowest BCUT2D eigenvalue weighted by molar-refractivity contribution is -0.148. The van der Waals surface area contributed by atoms with Crippen LogP contribution in [-0.2, 0) is 19.2 Å². The van der Waals surface area contributed by atoms with E-state index in [9.17, 15) is 19.2 Å². The maximum atomic E-state index is 12.2. The molecule has 0 saturated carbocycles. The van der Waals surface area contributed by atoms with Gasteiger partial charge in [0.25, 0.3) is 0 Å². The summed E-state index contributed by atoms with van der Waals surface area (Å²) in [6.45, 7) is 1.88. The van der Waals surface area contributed by atoms with Gasteiger partial charge in [-0.15, -0.1) is 11.8 Å². The van der Waals surface area contributed by atoms with Gasteiger partial charge in [0.05, 0.1) is 11.3 Å². The highest BCUT2D eigenvalue weighted by molar-refractivity contribution is 8.01. The summed E-state index contributed by atoms with van der Waals surface area (Å²) in [5, 5.41) is 19.8. The van der Waals surface area contributed by atoms with Crippen molar-refractivity contribution in [3.05, 3.63) is 0 Å². The van der Waals surface area contributed by atoms with Crippen LogP contribution in [0.5, 0.6) is 0 Å². The average molecular weight is 316 g/mol. The summed E-state index contributed by atoms with van der Waals surface area (Å²) in [5.41, 5.74) is 0. The summed E-state index contributed by atoms with van der Waals surface area (Å²) in [6.07, 6.45) is 0.314. The van der Waals surface area contributed by atoms with E-state index in [4.69, 9.17) is 10.2 Å². The molecule has 0 aromatic rings. The lowest BCUT2D eigenvalue weighted by Gasteiger charge is -2.30. The van der Waals surface area contributed by atoms with Gasteiger partial charge >= 0.3 is 11.9 Å². The highest BCUT2D eigenvalue weighted by Gasteiger charge is 2.53. The second kappa shape index (κ2) is 5.55. The highest BCUT2D eigenvalue weighted by atomic mass is 32.2. The van der Waals surface area contributed by atoms with Crippen molar-refractivity contribution >= 4 is 35.5 Å². The normalized spacial score (nSPS) is 29.1. The molecular weight excluding hydrogens is 300 g/mol. The Bertz CT molecular complexity index is 510. The minimum absolute atomic E-state index is 0.132. The average Bonchev–Trinajstić information content (AvgIpc) is 2.85. The Balaban J connectivity index is 2.08. The zero-order valence-corrected chi connectivity index (χ0v) is 12.2. The van der Waals surface area contributed by atoms with Crippen LogP contribution in [0.2, 0.25) is 0 Å². The Kier molecular flexibility index (Phi) is 4.13. The smallest absolute Gasteiger partial charge is 0.326 e. The molecule has 2 aliphatic heterocycles. The lowest BCUT2D eigenvalue weighted by atomic mass is 10.1. The van der Waals surface area contributed by atoms with Crippen molar-refractivity contribution in [3.63, 3.8) is 0 Å². The molecule has 0 radical (unpaired) electrons. The molecule has 0 aromatic carbocycles. The number of carbonyl (C=O) groups is 4. The fraction of sp³-hybridized carbons (Fsp3) is 0.667. The van der Waals surface area contributed by atoms with Crippen LogP contribution in [0.1, 0.15) is 26.2 Å². The monoisotopic (exact) mass is 316 g/mol. The number of nitrogens with zero attached hydrogens (tertiary/aromatic N) is 1. The van der Waals surface area contributed by atoms with Gasteiger partial charge in [-0.3, -0.25) is 14.4 Å². The molecule has 2 fully saturated rings. The number of nitrogens with one attached hydrogen (secondary N) is 1. The van der Waals surface area contributed by atoms with E-state index in [1.165, 1.54) is 16.7 Å². The summed E-state index contributed by atoms with van der Waals surface area (Å²) in [6, 6.07) is -2.24. The Morgan fingerprint density at radius 3 is 2.71 bits per heavy atom. The van der Waals surface area contributed by atoms with Crippen LogP contribution in [0.25, 0.3) is 0 Å². The standard InChI is InChI=1S/C12H16N2O6S/c1-12-3-2-8(15)14(12)7(5-21-12)10(18)13-6(11(19)20)4-9(16)17/h6-7H,2-5H2,1H3,(H,13,18)(H,16,17)(H,19,20). The van der Waals surface area contributed by atoms with Crippen molar-refractivity contribution in [2.75, 3.05) is 5.75 Å². The second-order valence-corrected chi connectivity index (χ2v) is 6.76. The van der Waals surface area contributed by atoms with Gasteiger partial charge in [-0.1, -0.05) is 0 Å². The molecule has 0 aliphatic carbocycles. The minimum Gasteiger partial charge on any atom is -0.481 e. The summed E-state index contributed by atoms with van der Waals surface area (Å²) in [4.78, 5) is 46.8. The Labute approximate surface area is 124 Å². The van der Waals surface area contributed by atoms with Gasteiger partial charge in [-0.2, -0.15) is 0 Å². The summed E-state index contributed by atoms with van der Waals surface area (Å²) in [7, 11) is 0. The van der Waals surface area contributed by atoms with E-state index < -0.39 is 41.2 Å². The SMILES string of the molecule is CC12CCC(=O)N1C(C(=O)NC(CC(=O)O)C(=O)O)CS2. The molecule has 0 spiro atoms. The van der Waals surface area contributed by atoms with Crippen LogP contribution in [0.4, 0.5) is 0 Å². The predicted molar refractivity (Wildman–Crippen MR) is 72.6 cm³/mol. The first-order valence-electron chi connectivity index (χ1n) is 6.46. The molecule has 8 nitrogen and oxygen atoms in total. The van der Waals surface area contributed by atoms with Gasteiger partial charge in [0.2, 0.25) is 11.8 Å². The number of hydrogen-bond acceptors (Lipinski definition) is 5. The van der Waals surface area contributed by atoms with Crippen LogP contribution in [0.15, 0.2) is 0 Å². The van der Waals surface area contributed by atoms with E-state index in [1.807, 2.05) is 6.92 Å². The minimum atomic E-state index is -1.50. The number of rotatable bonds is 5. The Morgan fingerprint density at radius 1 is 1.48 bits per heavy atom. The zero-order valence-electron chi connectivity index (χ0n) is 11.4. The van der Waals surface area contributed by atoms with E-state index in [1.54, 1.807) is 0 Å². The van der Waals surface area contributed by atoms with Crippen molar-refractivity contribution in [2.24, 2.45) is 0 Å². The number of amides is 2. The third-order valence-corrected chi connectivity index (χ3v) is 5.25. The van der Waals surface area contributed by atoms with Gasteiger partial charge in [-0.25, -0.2) is 4.79 Å². The third-order valence-electron chi connectivity index (χ3n) is 3.74. The third kappa shape index (κ3) is 2.97. The highest BCUT2D eigenvalue weighted by Crippen LogP contribution is 2.47. The largest absolute Gasteiger partial charge is 0.481 e. The fourth-order valence-corrected chi connectivity index (χ4v) is 4.09. The van der Waals surface area contributed by atoms with E-state index in [0.29, 0.717) is 18.6 Å². The van der Waals surface area contributed by atoms with Crippen LogP contribution < -0.4 is 5.32 Å². The van der Waals surface area contributed by atoms with Crippen molar-refractivity contribution < 1.29 is 29.4 Å². The number of thioether (sulfide) groups is 1. The van der Waals surface area contributed by atoms with Crippen molar-refractivity contribution in [1.29, 1.82) is 0 Å². The Morgan fingerprint density at radius 2 is 2.14 bits per heavy atom. The summed E-state index contributed by atoms with van der Waals surface area (Å²) >= 11 is 1.49. The molecule has 3 N–H and O–H groups in total. The number of aliphatic carboxylic acids is 2. The maximum Gasteiger partial charge on any atom is 0.326 e. The quantitative estimate of drug-likeness (QED) is 0.623. The summed E-state index contributed by atoms with van der Waals surface area (Å²) < 4.78 is 0. The molecule has 0 aromatic heterocycles. The van der Waals surface area contributed by atoms with E-state index >= 15 is 0 Å². The van der Waals surface area contributed by atoms with Gasteiger partial charge < -0.3 is 20.4 Å². The second-order valence-electron chi connectivity index (χ2n) is 5.26. The van der Waals surface area contributed by atoms with Gasteiger partial charge in [0.15, 0.2) is 0 Å². The molecule has 9 heteroatoms. The van der Waals surface area contributed by atoms with Crippen LogP contribution >= 0.6 is 11.8 Å². The zero-order chi connectivity index (χ0) is 15.8. The van der Waals surface area contributed by atoms with E-state index in [2.05, 4.69) is 5.32 Å². The molecule has 3 unspecified atom stereocenters. The molecule has 2 amide bonds. The van der Waals surface area contributed by atoms with Crippen LogP contribution in [0, 0.1) is 0 Å². The molecule has 2 rings (SSSR count). The van der Waals surface area contributed by atoms with E-state index in [0.717, 1.165) is 0 Å². The molecule has 21 heavy (non-hydrogen) atoms. The topological polar surface area (TPSA) is 124 Å². The first kappa shape index (κ1) is 15.6. The maximum absolute atomic E-state index is 12.2. The molecule has 2 heterocycles. The van der Waals surface area contributed by atoms with Gasteiger partial charge in [-0.05, 0) is 13.3 Å². The lowest BCUT2D eigenvalue weighted by Crippen LogP contribution is -2.53. The molecule has 3 atom stereocenters. The van der Waals surface area contributed by atoms with Crippen LogP contribution in [0.3, 0.4) is 0 Å². The van der Waals surface area contributed by atoms with E-state index in [-0.39, 0.29) is 5.91 Å². The molecule has 2 aliphatic rings. The van der Waals surface area contributed by atoms with Crippen molar-refractivity contribution in [1.82, 2.24) is 10.2 Å². The molecule has 2 saturated heterocycles. The number of fused-ring (bicyclic) bond motifs is 1. The van der Waals surface area contributed by atoms with Gasteiger partial charge in [0.1, 0.15) is 12.1 Å². The van der Waals surface area contributed by atoms with Crippen molar-refractivity contribution in [2.45, 2.75) is 43.1 Å². The number of carboxylic acid groups (broad SMARTS) is 2. The predicted octanol–water partition coefficient (Wildman–Crippen LogP) is -0.515. The molecule has 0 bridgehead atoms. The number of hydrogen-bond donors (Lipinski definition) is 3. The summed E-state index contributed by atoms with van der Waals surface area (Å²) in [5.74, 6) is -3.09.